The summed E-state index contributed by atoms with van der Waals surface area (Å²) in [7, 11) is 1.96. The van der Waals surface area contributed by atoms with Crippen molar-refractivity contribution in [3.8, 4) is 5.69 Å². The maximum Gasteiger partial charge on any atom is 0.0991 e. The van der Waals surface area contributed by atoms with Gasteiger partial charge in [-0.15, -0.1) is 0 Å². The van der Waals surface area contributed by atoms with Gasteiger partial charge in [0.05, 0.1) is 12.0 Å². The molecular weight excluding hydrogens is 186 g/mol. The number of rotatable bonds is 3. The lowest BCUT2D eigenvalue weighted by molar-refractivity contribution is 0.806. The molecule has 0 bridgehead atoms. The van der Waals surface area contributed by atoms with Crippen LogP contribution < -0.4 is 5.32 Å². The van der Waals surface area contributed by atoms with Crippen LogP contribution in [-0.2, 0) is 6.54 Å². The molecule has 0 spiro atoms. The van der Waals surface area contributed by atoms with Crippen LogP contribution in [0.25, 0.3) is 5.69 Å². The molecule has 1 heterocycles. The van der Waals surface area contributed by atoms with Crippen LogP contribution in [0.5, 0.6) is 0 Å². The van der Waals surface area contributed by atoms with Crippen LogP contribution in [0.2, 0.25) is 0 Å². The number of nitrogens with zero attached hydrogens (tertiary/aromatic N) is 2. The standard InChI is InChI=1S/C12H15N3/c1-10-3-4-12(11(7-10)8-13-2)15-6-5-14-9-15/h3-7,9,13H,8H2,1-2H3. The highest BCUT2D eigenvalue weighted by atomic mass is 15.0. The first-order chi connectivity index (χ1) is 7.31. The van der Waals surface area contributed by atoms with Crippen molar-refractivity contribution in [2.45, 2.75) is 13.5 Å². The van der Waals surface area contributed by atoms with E-state index in [4.69, 9.17) is 0 Å². The van der Waals surface area contributed by atoms with Crippen molar-refractivity contribution in [1.29, 1.82) is 0 Å². The van der Waals surface area contributed by atoms with Gasteiger partial charge in [-0.3, -0.25) is 0 Å². The molecule has 0 radical (unpaired) electrons. The predicted molar refractivity (Wildman–Crippen MR) is 61.1 cm³/mol. The summed E-state index contributed by atoms with van der Waals surface area (Å²) in [6, 6.07) is 6.45. The third kappa shape index (κ3) is 2.07. The van der Waals surface area contributed by atoms with Crippen molar-refractivity contribution < 1.29 is 0 Å². The molecule has 0 amide bonds. The quantitative estimate of drug-likeness (QED) is 0.822. The lowest BCUT2D eigenvalue weighted by Gasteiger charge is -2.10. The van der Waals surface area contributed by atoms with E-state index in [0.29, 0.717) is 0 Å². The number of nitrogens with one attached hydrogen (secondary N) is 1. The van der Waals surface area contributed by atoms with Crippen molar-refractivity contribution >= 4 is 0 Å². The molecule has 1 aromatic carbocycles. The summed E-state index contributed by atoms with van der Waals surface area (Å²) in [5.74, 6) is 0. The minimum absolute atomic E-state index is 0.870. The fourth-order valence-corrected chi connectivity index (χ4v) is 1.70. The number of aryl methyl sites for hydroxylation is 1. The van der Waals surface area contributed by atoms with Gasteiger partial charge in [0.1, 0.15) is 0 Å². The van der Waals surface area contributed by atoms with Gasteiger partial charge in [-0.25, -0.2) is 4.98 Å². The molecule has 0 fully saturated rings. The Labute approximate surface area is 89.8 Å². The second kappa shape index (κ2) is 4.28. The van der Waals surface area contributed by atoms with E-state index in [1.807, 2.05) is 24.1 Å². The molecule has 0 aliphatic carbocycles. The fourth-order valence-electron chi connectivity index (χ4n) is 1.70. The minimum Gasteiger partial charge on any atom is -0.316 e. The Hall–Kier alpha value is -1.61. The van der Waals surface area contributed by atoms with Crippen molar-refractivity contribution in [2.24, 2.45) is 0 Å². The van der Waals surface area contributed by atoms with Crippen LogP contribution in [0.15, 0.2) is 36.9 Å². The molecule has 1 N–H and O–H groups in total. The monoisotopic (exact) mass is 201 g/mol. The number of hydrogen-bond acceptors (Lipinski definition) is 2. The summed E-state index contributed by atoms with van der Waals surface area (Å²) in [6.45, 7) is 2.98. The summed E-state index contributed by atoms with van der Waals surface area (Å²) in [5.41, 5.74) is 3.76. The third-order valence-electron chi connectivity index (χ3n) is 2.38. The maximum absolute atomic E-state index is 4.06. The van der Waals surface area contributed by atoms with Gasteiger partial charge in [0, 0.05) is 18.9 Å². The van der Waals surface area contributed by atoms with E-state index >= 15 is 0 Å². The first kappa shape index (κ1) is 9.93. The van der Waals surface area contributed by atoms with Crippen molar-refractivity contribution in [3.63, 3.8) is 0 Å². The topological polar surface area (TPSA) is 29.9 Å². The van der Waals surface area contributed by atoms with E-state index in [2.05, 4.69) is 35.4 Å². The summed E-state index contributed by atoms with van der Waals surface area (Å²) in [5, 5.41) is 3.18. The molecule has 1 aromatic heterocycles. The molecule has 3 heteroatoms. The zero-order valence-corrected chi connectivity index (χ0v) is 9.07. The van der Waals surface area contributed by atoms with Gasteiger partial charge in [0.25, 0.3) is 0 Å². The molecule has 2 aromatic rings. The summed E-state index contributed by atoms with van der Waals surface area (Å²) < 4.78 is 2.03. The number of imidazole rings is 1. The number of benzene rings is 1. The highest BCUT2D eigenvalue weighted by Crippen LogP contribution is 2.16. The van der Waals surface area contributed by atoms with E-state index in [0.717, 1.165) is 6.54 Å². The largest absolute Gasteiger partial charge is 0.316 e. The number of aromatic nitrogens is 2. The second-order valence-corrected chi connectivity index (χ2v) is 3.63. The molecule has 0 saturated heterocycles. The Balaban J connectivity index is 2.46. The zero-order valence-electron chi connectivity index (χ0n) is 9.07. The molecule has 0 aliphatic rings. The van der Waals surface area contributed by atoms with E-state index in [-0.39, 0.29) is 0 Å². The van der Waals surface area contributed by atoms with Gasteiger partial charge in [-0.05, 0) is 25.6 Å². The van der Waals surface area contributed by atoms with E-state index < -0.39 is 0 Å². The Bertz CT molecular complexity index is 432. The van der Waals surface area contributed by atoms with Gasteiger partial charge in [0.2, 0.25) is 0 Å². The number of hydrogen-bond donors (Lipinski definition) is 1. The predicted octanol–water partition coefficient (Wildman–Crippen LogP) is 1.90. The Morgan fingerprint density at radius 1 is 1.40 bits per heavy atom. The van der Waals surface area contributed by atoms with Crippen LogP contribution in [0, 0.1) is 6.92 Å². The first-order valence-corrected chi connectivity index (χ1v) is 5.03. The second-order valence-electron chi connectivity index (χ2n) is 3.63. The lowest BCUT2D eigenvalue weighted by Crippen LogP contribution is -2.08. The van der Waals surface area contributed by atoms with E-state index in [9.17, 15) is 0 Å². The van der Waals surface area contributed by atoms with Crippen LogP contribution in [0.4, 0.5) is 0 Å². The van der Waals surface area contributed by atoms with Gasteiger partial charge < -0.3 is 9.88 Å². The molecule has 15 heavy (non-hydrogen) atoms. The zero-order chi connectivity index (χ0) is 10.7. The Morgan fingerprint density at radius 3 is 2.93 bits per heavy atom. The molecule has 78 valence electrons. The van der Waals surface area contributed by atoms with Crippen LogP contribution in [-0.4, -0.2) is 16.6 Å². The molecule has 0 aliphatic heterocycles. The van der Waals surface area contributed by atoms with Crippen LogP contribution >= 0.6 is 0 Å². The summed E-state index contributed by atoms with van der Waals surface area (Å²) in [6.07, 6.45) is 5.58. The minimum atomic E-state index is 0.870. The van der Waals surface area contributed by atoms with Crippen LogP contribution in [0.1, 0.15) is 11.1 Å². The lowest BCUT2D eigenvalue weighted by atomic mass is 10.1. The van der Waals surface area contributed by atoms with Crippen molar-refractivity contribution in [1.82, 2.24) is 14.9 Å². The normalized spacial score (nSPS) is 10.5. The fraction of sp³-hybridized carbons (Fsp3) is 0.250. The van der Waals surface area contributed by atoms with E-state index in [1.165, 1.54) is 16.8 Å². The average molecular weight is 201 g/mol. The maximum atomic E-state index is 4.06. The highest BCUT2D eigenvalue weighted by molar-refractivity contribution is 5.43. The smallest absolute Gasteiger partial charge is 0.0991 e. The summed E-state index contributed by atoms with van der Waals surface area (Å²) in [4.78, 5) is 4.06. The Kier molecular flexibility index (Phi) is 2.83. The molecule has 0 atom stereocenters. The Morgan fingerprint density at radius 2 is 2.27 bits per heavy atom. The molecule has 3 nitrogen and oxygen atoms in total. The SMILES string of the molecule is CNCc1cc(C)ccc1-n1ccnc1. The molecule has 0 unspecified atom stereocenters. The van der Waals surface area contributed by atoms with Crippen molar-refractivity contribution in [3.05, 3.63) is 48.0 Å². The van der Waals surface area contributed by atoms with Gasteiger partial charge in [-0.1, -0.05) is 17.7 Å². The third-order valence-corrected chi connectivity index (χ3v) is 2.38. The molecule has 0 saturated carbocycles. The van der Waals surface area contributed by atoms with Gasteiger partial charge in [-0.2, -0.15) is 0 Å². The van der Waals surface area contributed by atoms with E-state index in [1.54, 1.807) is 6.20 Å². The van der Waals surface area contributed by atoms with Crippen LogP contribution in [0.3, 0.4) is 0 Å². The average Bonchev–Trinajstić information content (AvgIpc) is 2.71. The van der Waals surface area contributed by atoms with Crippen molar-refractivity contribution in [2.75, 3.05) is 7.05 Å². The highest BCUT2D eigenvalue weighted by Gasteiger charge is 2.03. The van der Waals surface area contributed by atoms with Gasteiger partial charge >= 0.3 is 0 Å². The summed E-state index contributed by atoms with van der Waals surface area (Å²) >= 11 is 0. The first-order valence-electron chi connectivity index (χ1n) is 5.03. The van der Waals surface area contributed by atoms with Gasteiger partial charge in [0.15, 0.2) is 0 Å². The molecule has 2 rings (SSSR count). The molecular formula is C12H15N3.